The smallest absolute Gasteiger partial charge is 0.238 e. The third kappa shape index (κ3) is 4.13. The second-order valence-electron chi connectivity index (χ2n) is 13.7. The van der Waals surface area contributed by atoms with Crippen molar-refractivity contribution in [2.45, 2.75) is 12.2 Å². The van der Waals surface area contributed by atoms with Crippen LogP contribution in [0.2, 0.25) is 0 Å². The fourth-order valence-corrected chi connectivity index (χ4v) is 8.40. The summed E-state index contributed by atoms with van der Waals surface area (Å²) in [4.78, 5) is 20.5. The van der Waals surface area contributed by atoms with E-state index >= 15 is 0 Å². The van der Waals surface area contributed by atoms with Gasteiger partial charge in [0.1, 0.15) is 23.0 Å². The van der Waals surface area contributed by atoms with Gasteiger partial charge in [-0.15, -0.1) is 0 Å². The van der Waals surface area contributed by atoms with Gasteiger partial charge in [0, 0.05) is 38.2 Å². The van der Waals surface area contributed by atoms with Gasteiger partial charge in [-0.25, -0.2) is 9.97 Å². The van der Waals surface area contributed by atoms with Crippen molar-refractivity contribution in [3.05, 3.63) is 169 Å². The zero-order valence-corrected chi connectivity index (χ0v) is 28.7. The Kier molecular flexibility index (Phi) is 6.01. The zero-order chi connectivity index (χ0) is 35.3. The third-order valence-corrected chi connectivity index (χ3v) is 10.7. The number of aromatic nitrogens is 6. The molecule has 2 aliphatic heterocycles. The van der Waals surface area contributed by atoms with E-state index in [4.69, 9.17) is 29.4 Å². The lowest BCUT2D eigenvalue weighted by molar-refractivity contribution is 0.122. The predicted molar refractivity (Wildman–Crippen MR) is 210 cm³/mol. The summed E-state index contributed by atoms with van der Waals surface area (Å²) in [6.45, 7) is 0. The van der Waals surface area contributed by atoms with Gasteiger partial charge in [0.15, 0.2) is 23.9 Å². The first kappa shape index (κ1) is 29.3. The molecule has 0 saturated heterocycles. The Morgan fingerprint density at radius 2 is 0.963 bits per heavy atom. The Balaban J connectivity index is 1.11. The molecule has 0 amide bonds. The van der Waals surface area contributed by atoms with Crippen molar-refractivity contribution in [3.63, 3.8) is 0 Å². The summed E-state index contributed by atoms with van der Waals surface area (Å²) in [5.41, 5.74) is 7.86. The van der Waals surface area contributed by atoms with Crippen LogP contribution in [0.4, 0.5) is 0 Å². The number of pyridine rings is 1. The number of fused-ring (bicyclic) bond motifs is 12. The Bertz CT molecular complexity index is 3080. The molecule has 0 radical (unpaired) electrons. The highest BCUT2D eigenvalue weighted by Gasteiger charge is 2.45. The molecule has 12 rings (SSSR count). The van der Waals surface area contributed by atoms with Crippen molar-refractivity contribution >= 4 is 43.6 Å². The maximum atomic E-state index is 6.41. The number of nitrogens with zero attached hydrogens (tertiary/aromatic N) is 6. The summed E-state index contributed by atoms with van der Waals surface area (Å²) >= 11 is 0. The minimum atomic E-state index is -0.294. The van der Waals surface area contributed by atoms with E-state index in [1.807, 2.05) is 91.0 Å². The lowest BCUT2D eigenvalue weighted by Crippen LogP contribution is -2.08. The molecular weight excluding hydrogens is 669 g/mol. The van der Waals surface area contributed by atoms with Gasteiger partial charge in [-0.1, -0.05) is 115 Å². The van der Waals surface area contributed by atoms with E-state index in [1.165, 1.54) is 0 Å². The lowest BCUT2D eigenvalue weighted by atomic mass is 10.1. The Labute approximate surface area is 308 Å². The average molecular weight is 697 g/mol. The number of ether oxygens (including phenoxy) is 2. The SMILES string of the molecule is c1ccc(-c2nc(-c3ccccc3)nc(-n3c4ccccc4c4c5c6ccccc6n(-c6ccc7c(n6)C6Oc8ccccc8C6O7)c5ccc43)n2)cc1. The van der Waals surface area contributed by atoms with E-state index in [1.54, 1.807) is 0 Å². The number of benzene rings is 6. The number of hydrogen-bond donors (Lipinski definition) is 0. The van der Waals surface area contributed by atoms with Crippen molar-refractivity contribution in [2.75, 3.05) is 0 Å². The van der Waals surface area contributed by atoms with E-state index in [-0.39, 0.29) is 12.2 Å². The molecule has 0 spiro atoms. The summed E-state index contributed by atoms with van der Waals surface area (Å²) in [7, 11) is 0. The molecule has 0 aliphatic carbocycles. The molecular formula is C46H28N6O2. The molecule has 0 bridgehead atoms. The quantitative estimate of drug-likeness (QED) is 0.182. The van der Waals surface area contributed by atoms with Crippen molar-refractivity contribution in [1.29, 1.82) is 0 Å². The van der Waals surface area contributed by atoms with Gasteiger partial charge in [0.25, 0.3) is 0 Å². The molecule has 0 saturated carbocycles. The van der Waals surface area contributed by atoms with Crippen LogP contribution in [0.15, 0.2) is 158 Å². The van der Waals surface area contributed by atoms with Crippen LogP contribution < -0.4 is 9.47 Å². The molecule has 8 heteroatoms. The second kappa shape index (κ2) is 11.1. The monoisotopic (exact) mass is 696 g/mol. The van der Waals surface area contributed by atoms with Gasteiger partial charge in [0.2, 0.25) is 5.95 Å². The minimum absolute atomic E-state index is 0.205. The van der Waals surface area contributed by atoms with Crippen LogP contribution >= 0.6 is 0 Å². The summed E-state index contributed by atoms with van der Waals surface area (Å²) in [6.07, 6.45) is -0.500. The topological polar surface area (TPSA) is 79.9 Å². The number of rotatable bonds is 4. The number of hydrogen-bond acceptors (Lipinski definition) is 6. The van der Waals surface area contributed by atoms with Gasteiger partial charge in [-0.3, -0.25) is 9.13 Å². The largest absolute Gasteiger partial charge is 0.479 e. The van der Waals surface area contributed by atoms with Crippen LogP contribution in [-0.2, 0) is 0 Å². The normalized spacial score (nSPS) is 15.7. The Hall–Kier alpha value is -7.32. The van der Waals surface area contributed by atoms with Crippen molar-refractivity contribution in [2.24, 2.45) is 0 Å². The van der Waals surface area contributed by atoms with Gasteiger partial charge < -0.3 is 9.47 Å². The van der Waals surface area contributed by atoms with Crippen molar-refractivity contribution in [3.8, 4) is 46.0 Å². The van der Waals surface area contributed by atoms with Crippen molar-refractivity contribution < 1.29 is 9.47 Å². The Morgan fingerprint density at radius 3 is 1.65 bits per heavy atom. The maximum absolute atomic E-state index is 6.41. The van der Waals surface area contributed by atoms with Crippen LogP contribution in [0.1, 0.15) is 23.5 Å². The first-order valence-electron chi connectivity index (χ1n) is 18.0. The molecule has 254 valence electrons. The molecule has 4 aromatic heterocycles. The molecule has 0 N–H and O–H groups in total. The zero-order valence-electron chi connectivity index (χ0n) is 28.7. The third-order valence-electron chi connectivity index (χ3n) is 10.7. The van der Waals surface area contributed by atoms with Crippen LogP contribution in [0.5, 0.6) is 11.5 Å². The lowest BCUT2D eigenvalue weighted by Gasteiger charge is -2.12. The van der Waals surface area contributed by atoms with E-state index in [9.17, 15) is 0 Å². The molecule has 2 unspecified atom stereocenters. The standard InChI is InChI=1S/C46H28N6O2/c1-3-13-27(14-4-1)44-48-45(28-15-5-2-6-16-28)50-46(49-44)52-33-21-11-8-18-30(33)40-35(52)24-23-34-39(40)29-17-7-10-20-32(29)51(34)38-26-25-37-41(47-38)43-42(54-37)31-19-9-12-22-36(31)53-43/h1-26,42-43H. The van der Waals surface area contributed by atoms with E-state index in [2.05, 4.69) is 75.9 Å². The van der Waals surface area contributed by atoms with Crippen LogP contribution in [0, 0.1) is 0 Å². The first-order valence-corrected chi connectivity index (χ1v) is 18.0. The Morgan fingerprint density at radius 1 is 0.407 bits per heavy atom. The molecule has 8 nitrogen and oxygen atoms in total. The van der Waals surface area contributed by atoms with E-state index < -0.39 is 0 Å². The molecule has 2 atom stereocenters. The highest BCUT2D eigenvalue weighted by molar-refractivity contribution is 6.28. The highest BCUT2D eigenvalue weighted by Crippen LogP contribution is 2.53. The summed E-state index contributed by atoms with van der Waals surface area (Å²) in [5, 5.41) is 4.51. The molecule has 6 aromatic carbocycles. The predicted octanol–water partition coefficient (Wildman–Crippen LogP) is 10.4. The molecule has 0 fully saturated rings. The first-order chi connectivity index (χ1) is 26.8. The van der Waals surface area contributed by atoms with Crippen LogP contribution in [0.3, 0.4) is 0 Å². The fourth-order valence-electron chi connectivity index (χ4n) is 8.40. The maximum Gasteiger partial charge on any atom is 0.238 e. The molecule has 6 heterocycles. The second-order valence-corrected chi connectivity index (χ2v) is 13.7. The minimum Gasteiger partial charge on any atom is -0.479 e. The summed E-state index contributed by atoms with van der Waals surface area (Å²) < 4.78 is 17.3. The molecule has 10 aromatic rings. The van der Waals surface area contributed by atoms with Crippen molar-refractivity contribution in [1.82, 2.24) is 29.1 Å². The van der Waals surface area contributed by atoms with Crippen LogP contribution in [0.25, 0.3) is 78.2 Å². The van der Waals surface area contributed by atoms with E-state index in [0.717, 1.165) is 83.3 Å². The number of para-hydroxylation sites is 3. The van der Waals surface area contributed by atoms with E-state index in [0.29, 0.717) is 17.6 Å². The van der Waals surface area contributed by atoms with Gasteiger partial charge in [-0.2, -0.15) is 9.97 Å². The fraction of sp³-hybridized carbons (Fsp3) is 0.0435. The molecule has 54 heavy (non-hydrogen) atoms. The summed E-state index contributed by atoms with van der Waals surface area (Å²) in [6, 6.07) is 53.8. The van der Waals surface area contributed by atoms with Gasteiger partial charge in [-0.05, 0) is 42.5 Å². The van der Waals surface area contributed by atoms with Gasteiger partial charge >= 0.3 is 0 Å². The van der Waals surface area contributed by atoms with Crippen LogP contribution in [-0.4, -0.2) is 29.1 Å². The average Bonchev–Trinajstić information content (AvgIpc) is 3.98. The summed E-state index contributed by atoms with van der Waals surface area (Å²) in [5.74, 6) is 4.22. The molecule has 2 aliphatic rings. The highest BCUT2D eigenvalue weighted by atomic mass is 16.6. The van der Waals surface area contributed by atoms with Gasteiger partial charge in [0.05, 0.1) is 22.1 Å².